The van der Waals surface area contributed by atoms with Gasteiger partial charge in [0.1, 0.15) is 5.75 Å². The molecule has 2 N–H and O–H groups in total. The van der Waals surface area contributed by atoms with Crippen LogP contribution in [0.5, 0.6) is 5.75 Å². The Balaban J connectivity index is 2.35. The van der Waals surface area contributed by atoms with E-state index in [0.29, 0.717) is 11.3 Å². The number of hydrogen-bond donors (Lipinski definition) is 2. The summed E-state index contributed by atoms with van der Waals surface area (Å²) in [6, 6.07) is 9.65. The molecule has 4 nitrogen and oxygen atoms in total. The van der Waals surface area contributed by atoms with Crippen molar-refractivity contribution >= 4 is 15.7 Å². The third-order valence-electron chi connectivity index (χ3n) is 3.25. The second-order valence-corrected chi connectivity index (χ2v) is 6.54. The first-order valence-electron chi connectivity index (χ1n) is 6.19. The monoisotopic (exact) mass is 291 g/mol. The highest BCUT2D eigenvalue weighted by molar-refractivity contribution is 7.92. The second-order valence-electron chi connectivity index (χ2n) is 4.85. The van der Waals surface area contributed by atoms with Crippen molar-refractivity contribution in [1.29, 1.82) is 0 Å². The lowest BCUT2D eigenvalue weighted by molar-refractivity contribution is 0.471. The Bertz CT molecular complexity index is 752. The Morgan fingerprint density at radius 3 is 2.15 bits per heavy atom. The molecule has 2 aromatic rings. The maximum Gasteiger partial charge on any atom is 0.261 e. The molecular formula is C15H17NO3S. The van der Waals surface area contributed by atoms with Gasteiger partial charge in [0.2, 0.25) is 0 Å². The van der Waals surface area contributed by atoms with Crippen LogP contribution in [0.3, 0.4) is 0 Å². The van der Waals surface area contributed by atoms with Gasteiger partial charge >= 0.3 is 0 Å². The topological polar surface area (TPSA) is 66.4 Å². The zero-order chi connectivity index (χ0) is 14.9. The number of rotatable bonds is 3. The third kappa shape index (κ3) is 2.93. The Kier molecular flexibility index (Phi) is 3.72. The minimum atomic E-state index is -3.64. The zero-order valence-electron chi connectivity index (χ0n) is 11.6. The van der Waals surface area contributed by atoms with E-state index in [1.54, 1.807) is 37.3 Å². The van der Waals surface area contributed by atoms with Crippen LogP contribution in [0.2, 0.25) is 0 Å². The Labute approximate surface area is 119 Å². The fourth-order valence-electron chi connectivity index (χ4n) is 1.77. The highest BCUT2D eigenvalue weighted by Crippen LogP contribution is 2.24. The normalized spacial score (nSPS) is 11.3. The summed E-state index contributed by atoms with van der Waals surface area (Å²) < 4.78 is 27.0. The third-order valence-corrected chi connectivity index (χ3v) is 4.63. The quantitative estimate of drug-likeness (QED) is 0.913. The molecule has 0 aromatic heterocycles. The zero-order valence-corrected chi connectivity index (χ0v) is 12.5. The van der Waals surface area contributed by atoms with Gasteiger partial charge in [-0.3, -0.25) is 4.72 Å². The summed E-state index contributed by atoms with van der Waals surface area (Å²) in [5.74, 6) is 0.0605. The maximum absolute atomic E-state index is 12.3. The van der Waals surface area contributed by atoms with E-state index in [2.05, 4.69) is 4.72 Å². The maximum atomic E-state index is 12.3. The summed E-state index contributed by atoms with van der Waals surface area (Å²) in [4.78, 5) is 0.209. The van der Waals surface area contributed by atoms with E-state index in [1.807, 2.05) is 13.8 Å². The first-order chi connectivity index (χ1) is 9.29. The molecule has 20 heavy (non-hydrogen) atoms. The first-order valence-corrected chi connectivity index (χ1v) is 7.67. The van der Waals surface area contributed by atoms with Gasteiger partial charge < -0.3 is 5.11 Å². The molecule has 0 saturated heterocycles. The Morgan fingerprint density at radius 1 is 0.900 bits per heavy atom. The lowest BCUT2D eigenvalue weighted by atomic mass is 10.1. The van der Waals surface area contributed by atoms with Gasteiger partial charge in [-0.05, 0) is 55.7 Å². The number of phenols is 1. The van der Waals surface area contributed by atoms with Crippen molar-refractivity contribution in [3.8, 4) is 5.75 Å². The van der Waals surface area contributed by atoms with E-state index in [1.165, 1.54) is 6.07 Å². The molecular weight excluding hydrogens is 274 g/mol. The fraction of sp³-hybridized carbons (Fsp3) is 0.200. The molecule has 0 radical (unpaired) electrons. The minimum absolute atomic E-state index is 0.0605. The number of aromatic hydroxyl groups is 1. The number of sulfonamides is 1. The van der Waals surface area contributed by atoms with Crippen LogP contribution in [0, 0.1) is 20.8 Å². The van der Waals surface area contributed by atoms with Gasteiger partial charge in [0, 0.05) is 6.07 Å². The van der Waals surface area contributed by atoms with E-state index in [0.717, 1.165) is 11.1 Å². The van der Waals surface area contributed by atoms with Crippen LogP contribution < -0.4 is 4.72 Å². The van der Waals surface area contributed by atoms with E-state index >= 15 is 0 Å². The highest BCUT2D eigenvalue weighted by Gasteiger charge is 2.15. The van der Waals surface area contributed by atoms with Gasteiger partial charge in [-0.2, -0.15) is 0 Å². The summed E-state index contributed by atoms with van der Waals surface area (Å²) in [6.45, 7) is 5.54. The smallest absolute Gasteiger partial charge is 0.261 e. The standard InChI is InChI=1S/C15H17NO3S/c1-10-5-7-14(8-12(10)3)20(18,19)16-13-6-4-11(2)15(17)9-13/h4-9,16-17H,1-3H3. The number of nitrogens with one attached hydrogen (secondary N) is 1. The second kappa shape index (κ2) is 5.17. The molecule has 0 spiro atoms. The van der Waals surface area contributed by atoms with Crippen LogP contribution in [-0.2, 0) is 10.0 Å². The molecule has 0 aliphatic carbocycles. The van der Waals surface area contributed by atoms with E-state index < -0.39 is 10.0 Å². The molecule has 5 heteroatoms. The van der Waals surface area contributed by atoms with Crippen LogP contribution >= 0.6 is 0 Å². The molecule has 106 valence electrons. The van der Waals surface area contributed by atoms with Crippen molar-refractivity contribution in [3.63, 3.8) is 0 Å². The van der Waals surface area contributed by atoms with Crippen LogP contribution in [0.4, 0.5) is 5.69 Å². The lowest BCUT2D eigenvalue weighted by Crippen LogP contribution is -2.13. The van der Waals surface area contributed by atoms with Gasteiger partial charge in [0.25, 0.3) is 10.0 Å². The minimum Gasteiger partial charge on any atom is -0.508 e. The van der Waals surface area contributed by atoms with Crippen LogP contribution in [0.25, 0.3) is 0 Å². The van der Waals surface area contributed by atoms with Crippen LogP contribution in [0.1, 0.15) is 16.7 Å². The summed E-state index contributed by atoms with van der Waals surface area (Å²) >= 11 is 0. The number of aryl methyl sites for hydroxylation is 3. The molecule has 0 unspecified atom stereocenters. The van der Waals surface area contributed by atoms with Crippen molar-refractivity contribution in [2.75, 3.05) is 4.72 Å². The molecule has 0 heterocycles. The predicted octanol–water partition coefficient (Wildman–Crippen LogP) is 3.12. The van der Waals surface area contributed by atoms with E-state index in [4.69, 9.17) is 0 Å². The van der Waals surface area contributed by atoms with Crippen molar-refractivity contribution in [2.45, 2.75) is 25.7 Å². The van der Waals surface area contributed by atoms with Crippen LogP contribution in [0.15, 0.2) is 41.3 Å². The molecule has 0 saturated carbocycles. The summed E-state index contributed by atoms with van der Waals surface area (Å²) in [7, 11) is -3.64. The average Bonchev–Trinajstić information content (AvgIpc) is 2.37. The highest BCUT2D eigenvalue weighted by atomic mass is 32.2. The summed E-state index contributed by atoms with van der Waals surface area (Å²) in [5.41, 5.74) is 2.99. The van der Waals surface area contributed by atoms with Gasteiger partial charge in [0.05, 0.1) is 10.6 Å². The van der Waals surface area contributed by atoms with Gasteiger partial charge in [0.15, 0.2) is 0 Å². The van der Waals surface area contributed by atoms with Crippen LogP contribution in [-0.4, -0.2) is 13.5 Å². The molecule has 0 atom stereocenters. The number of hydrogen-bond acceptors (Lipinski definition) is 3. The Hall–Kier alpha value is -2.01. The molecule has 0 amide bonds. The van der Waals surface area contributed by atoms with Crippen molar-refractivity contribution < 1.29 is 13.5 Å². The number of phenolic OH excluding ortho intramolecular Hbond substituents is 1. The van der Waals surface area contributed by atoms with Crippen molar-refractivity contribution in [1.82, 2.24) is 0 Å². The van der Waals surface area contributed by atoms with E-state index in [-0.39, 0.29) is 10.6 Å². The molecule has 2 rings (SSSR count). The van der Waals surface area contributed by atoms with Crippen molar-refractivity contribution in [2.24, 2.45) is 0 Å². The molecule has 0 fully saturated rings. The van der Waals surface area contributed by atoms with Gasteiger partial charge in [-0.1, -0.05) is 12.1 Å². The van der Waals surface area contributed by atoms with E-state index in [9.17, 15) is 13.5 Å². The summed E-state index contributed by atoms with van der Waals surface area (Å²) in [5, 5.41) is 9.61. The fourth-order valence-corrected chi connectivity index (χ4v) is 2.90. The van der Waals surface area contributed by atoms with Gasteiger partial charge in [-0.15, -0.1) is 0 Å². The molecule has 2 aromatic carbocycles. The Morgan fingerprint density at radius 2 is 1.55 bits per heavy atom. The van der Waals surface area contributed by atoms with Crippen molar-refractivity contribution in [3.05, 3.63) is 53.1 Å². The largest absolute Gasteiger partial charge is 0.508 e. The lowest BCUT2D eigenvalue weighted by Gasteiger charge is -2.10. The molecule has 0 aliphatic heterocycles. The molecule has 0 bridgehead atoms. The SMILES string of the molecule is Cc1ccc(S(=O)(=O)Nc2ccc(C)c(O)c2)cc1C. The first kappa shape index (κ1) is 14.4. The van der Waals surface area contributed by atoms with Gasteiger partial charge in [-0.25, -0.2) is 8.42 Å². The molecule has 0 aliphatic rings. The predicted molar refractivity (Wildman–Crippen MR) is 79.6 cm³/mol. The number of benzene rings is 2. The summed E-state index contributed by atoms with van der Waals surface area (Å²) in [6.07, 6.45) is 0. The number of anilines is 1. The average molecular weight is 291 g/mol.